The molecule has 6 nitrogen and oxygen atoms in total. The summed E-state index contributed by atoms with van der Waals surface area (Å²) in [4.78, 5) is 0. The minimum atomic E-state index is -0.856. The molecule has 4 N–H and O–H groups in total. The number of rotatable bonds is 2. The molecule has 3 rings (SSSR count). The molecule has 0 fully saturated rings. The van der Waals surface area contributed by atoms with E-state index in [1.54, 1.807) is 31.4 Å². The van der Waals surface area contributed by atoms with Crippen LogP contribution in [0.15, 0.2) is 36.1 Å². The second-order valence-corrected chi connectivity index (χ2v) is 4.85. The molecule has 114 valence electrons. The van der Waals surface area contributed by atoms with Crippen molar-refractivity contribution in [1.29, 1.82) is 0 Å². The summed E-state index contributed by atoms with van der Waals surface area (Å²) in [5.41, 5.74) is 0.736. The van der Waals surface area contributed by atoms with Crippen LogP contribution in [0.1, 0.15) is 17.2 Å². The summed E-state index contributed by atoms with van der Waals surface area (Å²) in [6.07, 6.45) is 0.438. The van der Waals surface area contributed by atoms with Crippen molar-refractivity contribution in [3.05, 3.63) is 47.2 Å². The number of aliphatic hydroxyl groups excluding tert-OH is 1. The van der Waals surface area contributed by atoms with Crippen LogP contribution in [-0.4, -0.2) is 27.5 Å². The van der Waals surface area contributed by atoms with Gasteiger partial charge in [0.25, 0.3) is 0 Å². The molecule has 0 amide bonds. The minimum absolute atomic E-state index is 0.0869. The normalized spacial score (nSPS) is 16.4. The molecule has 0 saturated carbocycles. The van der Waals surface area contributed by atoms with Crippen molar-refractivity contribution < 1.29 is 29.9 Å². The highest BCUT2D eigenvalue weighted by atomic mass is 16.5. The lowest BCUT2D eigenvalue weighted by molar-refractivity contribution is 0.167. The lowest BCUT2D eigenvalue weighted by Gasteiger charge is -2.25. The zero-order valence-corrected chi connectivity index (χ0v) is 11.6. The van der Waals surface area contributed by atoms with Crippen LogP contribution < -0.4 is 9.47 Å². The molecule has 0 aliphatic carbocycles. The number of fused-ring (bicyclic) bond motifs is 1. The molecular weight excluding hydrogens is 288 g/mol. The van der Waals surface area contributed by atoms with Gasteiger partial charge in [-0.25, -0.2) is 0 Å². The maximum atomic E-state index is 10.1. The number of ether oxygens (including phenoxy) is 2. The number of aliphatic hydroxyl groups is 1. The zero-order chi connectivity index (χ0) is 15.9. The minimum Gasteiger partial charge on any atom is -0.508 e. The van der Waals surface area contributed by atoms with E-state index < -0.39 is 17.6 Å². The first-order valence-corrected chi connectivity index (χ1v) is 6.50. The standard InChI is InChI=1S/C16H14O6/c1-21-9-4-2-8(3-5-9)15-13(19)6-10-11(17)7-12(18)14(20)16(10)22-15/h2-7,15,17-20H,1H3. The highest BCUT2D eigenvalue weighted by Gasteiger charge is 2.29. The Morgan fingerprint density at radius 1 is 1.00 bits per heavy atom. The summed E-state index contributed by atoms with van der Waals surface area (Å²) in [7, 11) is 1.54. The lowest BCUT2D eigenvalue weighted by atomic mass is 10.0. The summed E-state index contributed by atoms with van der Waals surface area (Å²) in [5, 5.41) is 39.4. The topological polar surface area (TPSA) is 99.4 Å². The highest BCUT2D eigenvalue weighted by molar-refractivity contribution is 5.74. The van der Waals surface area contributed by atoms with Gasteiger partial charge < -0.3 is 29.9 Å². The maximum absolute atomic E-state index is 10.1. The Balaban J connectivity index is 2.05. The van der Waals surface area contributed by atoms with Crippen molar-refractivity contribution >= 4 is 6.08 Å². The Kier molecular flexibility index (Phi) is 3.21. The van der Waals surface area contributed by atoms with Crippen LogP contribution in [-0.2, 0) is 0 Å². The predicted molar refractivity (Wildman–Crippen MR) is 78.4 cm³/mol. The number of hydrogen-bond donors (Lipinski definition) is 4. The molecule has 1 aliphatic heterocycles. The van der Waals surface area contributed by atoms with E-state index in [0.717, 1.165) is 6.07 Å². The van der Waals surface area contributed by atoms with Crippen LogP contribution in [0.4, 0.5) is 0 Å². The van der Waals surface area contributed by atoms with Gasteiger partial charge in [0.1, 0.15) is 17.3 Å². The second kappa shape index (κ2) is 5.07. The SMILES string of the molecule is COc1ccc(C2Oc3c(O)c(O)cc(O)c3C=C2O)cc1. The van der Waals surface area contributed by atoms with E-state index >= 15 is 0 Å². The Labute approximate surface area is 126 Å². The Morgan fingerprint density at radius 3 is 2.32 bits per heavy atom. The van der Waals surface area contributed by atoms with E-state index in [-0.39, 0.29) is 22.8 Å². The van der Waals surface area contributed by atoms with Crippen LogP contribution in [0.5, 0.6) is 28.7 Å². The fourth-order valence-electron chi connectivity index (χ4n) is 2.31. The van der Waals surface area contributed by atoms with Crippen molar-refractivity contribution in [3.8, 4) is 28.7 Å². The van der Waals surface area contributed by atoms with Gasteiger partial charge in [-0.2, -0.15) is 0 Å². The average molecular weight is 302 g/mol. The molecule has 1 unspecified atom stereocenters. The number of methoxy groups -OCH3 is 1. The molecule has 2 aromatic carbocycles. The number of phenols is 3. The third-order valence-electron chi connectivity index (χ3n) is 3.47. The highest BCUT2D eigenvalue weighted by Crippen LogP contribution is 2.49. The van der Waals surface area contributed by atoms with Gasteiger partial charge in [-0.05, 0) is 18.2 Å². The number of phenolic OH excluding ortho intramolecular Hbond substituents is 3. The predicted octanol–water partition coefficient (Wildman–Crippen LogP) is 2.84. The monoisotopic (exact) mass is 302 g/mol. The van der Waals surface area contributed by atoms with Gasteiger partial charge in [0.05, 0.1) is 12.7 Å². The van der Waals surface area contributed by atoms with Gasteiger partial charge in [-0.1, -0.05) is 12.1 Å². The molecule has 0 radical (unpaired) electrons. The molecule has 6 heteroatoms. The van der Waals surface area contributed by atoms with Crippen molar-refractivity contribution in [2.45, 2.75) is 6.10 Å². The van der Waals surface area contributed by atoms with Crippen molar-refractivity contribution in [2.24, 2.45) is 0 Å². The van der Waals surface area contributed by atoms with Crippen LogP contribution in [0.25, 0.3) is 6.08 Å². The van der Waals surface area contributed by atoms with Crippen molar-refractivity contribution in [1.82, 2.24) is 0 Å². The van der Waals surface area contributed by atoms with Crippen LogP contribution in [0.3, 0.4) is 0 Å². The maximum Gasteiger partial charge on any atom is 0.201 e. The number of aromatic hydroxyl groups is 3. The van der Waals surface area contributed by atoms with Crippen LogP contribution in [0.2, 0.25) is 0 Å². The zero-order valence-electron chi connectivity index (χ0n) is 11.6. The van der Waals surface area contributed by atoms with E-state index in [9.17, 15) is 20.4 Å². The first-order chi connectivity index (χ1) is 10.5. The van der Waals surface area contributed by atoms with E-state index in [1.165, 1.54) is 6.08 Å². The van der Waals surface area contributed by atoms with Crippen molar-refractivity contribution in [3.63, 3.8) is 0 Å². The molecule has 0 saturated heterocycles. The first-order valence-electron chi connectivity index (χ1n) is 6.50. The summed E-state index contributed by atoms with van der Waals surface area (Å²) >= 11 is 0. The molecule has 0 aromatic heterocycles. The number of benzene rings is 2. The van der Waals surface area contributed by atoms with Gasteiger partial charge >= 0.3 is 0 Å². The Bertz CT molecular complexity index is 748. The third-order valence-corrected chi connectivity index (χ3v) is 3.47. The van der Waals surface area contributed by atoms with Crippen LogP contribution >= 0.6 is 0 Å². The molecule has 1 aliphatic rings. The van der Waals surface area contributed by atoms with E-state index in [2.05, 4.69) is 0 Å². The molecule has 0 bridgehead atoms. The van der Waals surface area contributed by atoms with E-state index in [1.807, 2.05) is 0 Å². The molecule has 1 heterocycles. The van der Waals surface area contributed by atoms with Gasteiger partial charge in [0, 0.05) is 11.6 Å². The fraction of sp³-hybridized carbons (Fsp3) is 0.125. The van der Waals surface area contributed by atoms with Gasteiger partial charge in [-0.15, -0.1) is 0 Å². The van der Waals surface area contributed by atoms with E-state index in [0.29, 0.717) is 11.3 Å². The molecule has 22 heavy (non-hydrogen) atoms. The summed E-state index contributed by atoms with van der Waals surface area (Å²) in [5.74, 6) is -0.852. The smallest absolute Gasteiger partial charge is 0.201 e. The summed E-state index contributed by atoms with van der Waals surface area (Å²) < 4.78 is 10.6. The third kappa shape index (κ3) is 2.14. The quantitative estimate of drug-likeness (QED) is 0.503. The Morgan fingerprint density at radius 2 is 1.68 bits per heavy atom. The lowest BCUT2D eigenvalue weighted by Crippen LogP contribution is -2.14. The molecule has 2 aromatic rings. The van der Waals surface area contributed by atoms with Crippen LogP contribution in [0, 0.1) is 0 Å². The van der Waals surface area contributed by atoms with E-state index in [4.69, 9.17) is 9.47 Å². The number of hydrogen-bond acceptors (Lipinski definition) is 6. The molecule has 0 spiro atoms. The van der Waals surface area contributed by atoms with Gasteiger partial charge in [0.15, 0.2) is 17.6 Å². The first kappa shape index (κ1) is 13.9. The summed E-state index contributed by atoms with van der Waals surface area (Å²) in [6, 6.07) is 7.81. The Hall–Kier alpha value is -3.02. The summed E-state index contributed by atoms with van der Waals surface area (Å²) in [6.45, 7) is 0. The molecule has 1 atom stereocenters. The molecular formula is C16H14O6. The van der Waals surface area contributed by atoms with Crippen molar-refractivity contribution in [2.75, 3.05) is 7.11 Å². The van der Waals surface area contributed by atoms with Gasteiger partial charge in [-0.3, -0.25) is 0 Å². The second-order valence-electron chi connectivity index (χ2n) is 4.85. The largest absolute Gasteiger partial charge is 0.508 e. The van der Waals surface area contributed by atoms with Gasteiger partial charge in [0.2, 0.25) is 5.75 Å². The fourth-order valence-corrected chi connectivity index (χ4v) is 2.31. The average Bonchev–Trinajstić information content (AvgIpc) is 2.52.